The molecule has 0 bridgehead atoms. The quantitative estimate of drug-likeness (QED) is 0.710. The average Bonchev–Trinajstić information content (AvgIpc) is 2.94. The Morgan fingerprint density at radius 1 is 1.14 bits per heavy atom. The summed E-state index contributed by atoms with van der Waals surface area (Å²) in [5.41, 5.74) is 1.27. The Balaban J connectivity index is 1.54. The number of carbonyl (C=O) groups excluding carboxylic acids is 1. The summed E-state index contributed by atoms with van der Waals surface area (Å²) >= 11 is 6.14. The summed E-state index contributed by atoms with van der Waals surface area (Å²) < 4.78 is 38.1. The van der Waals surface area contributed by atoms with Gasteiger partial charge in [0.15, 0.2) is 0 Å². The molecular formula is C21H23ClF3N3O. The van der Waals surface area contributed by atoms with E-state index >= 15 is 0 Å². The van der Waals surface area contributed by atoms with Crippen LogP contribution in [0.3, 0.4) is 0 Å². The van der Waals surface area contributed by atoms with E-state index in [0.717, 1.165) is 29.8 Å². The average molecular weight is 426 g/mol. The highest BCUT2D eigenvalue weighted by molar-refractivity contribution is 6.31. The molecule has 1 saturated heterocycles. The van der Waals surface area contributed by atoms with Gasteiger partial charge < -0.3 is 9.80 Å². The van der Waals surface area contributed by atoms with Gasteiger partial charge in [0.2, 0.25) is 5.91 Å². The van der Waals surface area contributed by atoms with Crippen LogP contribution >= 0.6 is 11.6 Å². The van der Waals surface area contributed by atoms with Crippen LogP contribution in [0.1, 0.15) is 29.5 Å². The minimum atomic E-state index is -4.39. The molecule has 0 N–H and O–H groups in total. The van der Waals surface area contributed by atoms with Gasteiger partial charge in [0.1, 0.15) is 5.82 Å². The highest BCUT2D eigenvalue weighted by Gasteiger charge is 2.31. The van der Waals surface area contributed by atoms with Gasteiger partial charge in [0.25, 0.3) is 0 Å². The Morgan fingerprint density at radius 2 is 1.93 bits per heavy atom. The van der Waals surface area contributed by atoms with Crippen LogP contribution in [0.5, 0.6) is 0 Å². The number of carbonyl (C=O) groups is 1. The van der Waals surface area contributed by atoms with Crippen molar-refractivity contribution in [2.24, 2.45) is 0 Å². The van der Waals surface area contributed by atoms with Crippen molar-refractivity contribution in [2.45, 2.75) is 32.4 Å². The van der Waals surface area contributed by atoms with Crippen LogP contribution < -0.4 is 4.90 Å². The summed E-state index contributed by atoms with van der Waals surface area (Å²) in [6, 6.07) is 8.26. The summed E-state index contributed by atoms with van der Waals surface area (Å²) in [6.07, 6.45) is -1.77. The minimum absolute atomic E-state index is 0.0731. The molecule has 1 fully saturated rings. The summed E-state index contributed by atoms with van der Waals surface area (Å²) in [5, 5.41) is 0.699. The third kappa shape index (κ3) is 5.63. The second-order valence-electron chi connectivity index (χ2n) is 7.21. The first kappa shape index (κ1) is 21.4. The third-order valence-electron chi connectivity index (χ3n) is 5.11. The van der Waals surface area contributed by atoms with Gasteiger partial charge in [-0.15, -0.1) is 0 Å². The van der Waals surface area contributed by atoms with Gasteiger partial charge in [-0.05, 0) is 49.1 Å². The molecule has 0 saturated carbocycles. The molecule has 0 radical (unpaired) electrons. The maximum absolute atomic E-state index is 12.7. The number of nitrogens with zero attached hydrogens (tertiary/aromatic N) is 3. The molecule has 0 spiro atoms. The van der Waals surface area contributed by atoms with Gasteiger partial charge in [-0.3, -0.25) is 4.79 Å². The normalized spacial score (nSPS) is 15.3. The van der Waals surface area contributed by atoms with E-state index in [-0.39, 0.29) is 5.91 Å². The van der Waals surface area contributed by atoms with E-state index in [2.05, 4.69) is 4.98 Å². The number of hydrogen-bond acceptors (Lipinski definition) is 3. The van der Waals surface area contributed by atoms with Gasteiger partial charge in [0.05, 0.1) is 5.56 Å². The number of benzene rings is 1. The monoisotopic (exact) mass is 425 g/mol. The van der Waals surface area contributed by atoms with Crippen molar-refractivity contribution in [1.29, 1.82) is 0 Å². The highest BCUT2D eigenvalue weighted by atomic mass is 35.5. The summed E-state index contributed by atoms with van der Waals surface area (Å²) in [6.45, 7) is 4.28. The Kier molecular flexibility index (Phi) is 6.67. The van der Waals surface area contributed by atoms with Crippen molar-refractivity contribution in [1.82, 2.24) is 9.88 Å². The molecule has 29 heavy (non-hydrogen) atoms. The fourth-order valence-electron chi connectivity index (χ4n) is 3.34. The SMILES string of the molecule is Cc1ccc(CCC(=O)N2CCCN(c3ccc(C(F)(F)F)cn3)CC2)cc1Cl. The molecule has 2 heterocycles. The minimum Gasteiger partial charge on any atom is -0.355 e. The van der Waals surface area contributed by atoms with Gasteiger partial charge in [-0.1, -0.05) is 23.7 Å². The number of halogens is 4. The number of hydrogen-bond donors (Lipinski definition) is 0. The molecule has 1 aliphatic rings. The van der Waals surface area contributed by atoms with Crippen LogP contribution in [-0.4, -0.2) is 42.0 Å². The highest BCUT2D eigenvalue weighted by Crippen LogP contribution is 2.29. The van der Waals surface area contributed by atoms with Crippen LogP contribution in [0.2, 0.25) is 5.02 Å². The zero-order chi connectivity index (χ0) is 21.0. The van der Waals surface area contributed by atoms with Crippen molar-refractivity contribution < 1.29 is 18.0 Å². The van der Waals surface area contributed by atoms with E-state index in [9.17, 15) is 18.0 Å². The van der Waals surface area contributed by atoms with Crippen molar-refractivity contribution in [3.63, 3.8) is 0 Å². The first-order chi connectivity index (χ1) is 13.7. The Hall–Kier alpha value is -2.28. The predicted molar refractivity (Wildman–Crippen MR) is 107 cm³/mol. The maximum Gasteiger partial charge on any atom is 0.417 e. The lowest BCUT2D eigenvalue weighted by molar-refractivity contribution is -0.137. The molecule has 1 amide bonds. The van der Waals surface area contributed by atoms with Crippen LogP contribution in [0.15, 0.2) is 36.5 Å². The molecule has 1 aliphatic heterocycles. The number of rotatable bonds is 4. The molecular weight excluding hydrogens is 403 g/mol. The van der Waals surface area contributed by atoms with Gasteiger partial charge in [-0.25, -0.2) is 4.98 Å². The molecule has 0 aliphatic carbocycles. The standard InChI is InChI=1S/C21H23ClF3N3O/c1-15-3-4-16(13-18(15)22)5-8-20(29)28-10-2-9-27(11-12-28)19-7-6-17(14-26-19)21(23,24)25/h3-4,6-7,13-14H,2,5,8-12H2,1H3. The van der Waals surface area contributed by atoms with Crippen LogP contribution in [0.25, 0.3) is 0 Å². The van der Waals surface area contributed by atoms with E-state index in [0.29, 0.717) is 49.9 Å². The molecule has 1 aromatic carbocycles. The Morgan fingerprint density at radius 3 is 2.59 bits per heavy atom. The first-order valence-corrected chi connectivity index (χ1v) is 9.93. The molecule has 3 rings (SSSR count). The van der Waals surface area contributed by atoms with Crippen molar-refractivity contribution >= 4 is 23.3 Å². The van der Waals surface area contributed by atoms with Gasteiger partial charge >= 0.3 is 6.18 Å². The molecule has 8 heteroatoms. The van der Waals surface area contributed by atoms with E-state index in [1.54, 1.807) is 0 Å². The molecule has 0 unspecified atom stereocenters. The van der Waals surface area contributed by atoms with Crippen LogP contribution in [0.4, 0.5) is 19.0 Å². The summed E-state index contributed by atoms with van der Waals surface area (Å²) in [5.74, 6) is 0.575. The Labute approximate surface area is 173 Å². The molecule has 156 valence electrons. The number of pyridine rings is 1. The fraction of sp³-hybridized carbons (Fsp3) is 0.429. The molecule has 1 aromatic heterocycles. The number of alkyl halides is 3. The Bertz CT molecular complexity index is 855. The van der Waals surface area contributed by atoms with E-state index in [1.165, 1.54) is 6.07 Å². The topological polar surface area (TPSA) is 36.4 Å². The zero-order valence-corrected chi connectivity index (χ0v) is 16.9. The van der Waals surface area contributed by atoms with E-state index < -0.39 is 11.7 Å². The second kappa shape index (κ2) is 9.03. The van der Waals surface area contributed by atoms with Crippen LogP contribution in [-0.2, 0) is 17.4 Å². The zero-order valence-electron chi connectivity index (χ0n) is 16.2. The largest absolute Gasteiger partial charge is 0.417 e. The van der Waals surface area contributed by atoms with E-state index in [4.69, 9.17) is 11.6 Å². The van der Waals surface area contributed by atoms with Gasteiger partial charge in [0, 0.05) is 43.8 Å². The lowest BCUT2D eigenvalue weighted by atomic mass is 10.1. The van der Waals surface area contributed by atoms with Crippen LogP contribution in [0, 0.1) is 6.92 Å². The van der Waals surface area contributed by atoms with Crippen molar-refractivity contribution in [3.8, 4) is 0 Å². The number of anilines is 1. The number of aromatic nitrogens is 1. The fourth-order valence-corrected chi connectivity index (χ4v) is 3.54. The lowest BCUT2D eigenvalue weighted by Crippen LogP contribution is -2.35. The lowest BCUT2D eigenvalue weighted by Gasteiger charge is -2.23. The second-order valence-corrected chi connectivity index (χ2v) is 7.61. The summed E-state index contributed by atoms with van der Waals surface area (Å²) in [7, 11) is 0. The number of aryl methyl sites for hydroxylation is 2. The summed E-state index contributed by atoms with van der Waals surface area (Å²) in [4.78, 5) is 20.3. The maximum atomic E-state index is 12.7. The molecule has 4 nitrogen and oxygen atoms in total. The van der Waals surface area contributed by atoms with E-state index in [1.807, 2.05) is 34.9 Å². The third-order valence-corrected chi connectivity index (χ3v) is 5.52. The van der Waals surface area contributed by atoms with Gasteiger partial charge in [-0.2, -0.15) is 13.2 Å². The number of amides is 1. The predicted octanol–water partition coefficient (Wildman–Crippen LogP) is 4.73. The van der Waals surface area contributed by atoms with Crippen molar-refractivity contribution in [3.05, 3.63) is 58.2 Å². The smallest absolute Gasteiger partial charge is 0.355 e. The van der Waals surface area contributed by atoms with Crippen molar-refractivity contribution in [2.75, 3.05) is 31.1 Å². The molecule has 0 atom stereocenters. The first-order valence-electron chi connectivity index (χ1n) is 9.55. The molecule has 2 aromatic rings.